The molecule has 6 heteroatoms. The molecule has 136 valence electrons. The van der Waals surface area contributed by atoms with E-state index in [1.54, 1.807) is 6.92 Å². The summed E-state index contributed by atoms with van der Waals surface area (Å²) in [6, 6.07) is 9.05. The van der Waals surface area contributed by atoms with Crippen LogP contribution in [0.5, 0.6) is 0 Å². The molecule has 0 bridgehead atoms. The minimum Gasteiger partial charge on any atom is -0.376 e. The summed E-state index contributed by atoms with van der Waals surface area (Å²) < 4.78 is 5.80. The highest BCUT2D eigenvalue weighted by Gasteiger charge is 2.54. The van der Waals surface area contributed by atoms with Gasteiger partial charge in [0.2, 0.25) is 5.91 Å². The van der Waals surface area contributed by atoms with E-state index in [9.17, 15) is 4.79 Å². The van der Waals surface area contributed by atoms with Crippen molar-refractivity contribution in [2.45, 2.75) is 50.4 Å². The Morgan fingerprint density at radius 3 is 2.76 bits per heavy atom. The molecule has 25 heavy (non-hydrogen) atoms. The van der Waals surface area contributed by atoms with E-state index in [1.165, 1.54) is 5.69 Å². The van der Waals surface area contributed by atoms with Crippen molar-refractivity contribution < 1.29 is 9.53 Å². The number of benzene rings is 1. The highest BCUT2D eigenvalue weighted by atomic mass is 35.5. The van der Waals surface area contributed by atoms with Crippen LogP contribution < -0.4 is 15.5 Å². The van der Waals surface area contributed by atoms with Gasteiger partial charge in [-0.1, -0.05) is 17.7 Å². The van der Waals surface area contributed by atoms with Gasteiger partial charge in [0.25, 0.3) is 0 Å². The summed E-state index contributed by atoms with van der Waals surface area (Å²) in [6.07, 6.45) is 3.51. The average Bonchev–Trinajstić information content (AvgIpc) is 3.03. The highest BCUT2D eigenvalue weighted by Crippen LogP contribution is 2.39. The van der Waals surface area contributed by atoms with Crippen molar-refractivity contribution in [2.75, 3.05) is 24.6 Å². The van der Waals surface area contributed by atoms with Gasteiger partial charge in [-0.05, 0) is 37.5 Å². The normalized spacial score (nSPS) is 32.2. The minimum absolute atomic E-state index is 0.0292. The number of piperidine rings is 1. The van der Waals surface area contributed by atoms with E-state index in [-0.39, 0.29) is 18.1 Å². The summed E-state index contributed by atoms with van der Waals surface area (Å²) in [6.45, 7) is 4.46. The largest absolute Gasteiger partial charge is 0.376 e. The lowest BCUT2D eigenvalue weighted by Crippen LogP contribution is -2.71. The zero-order valence-electron chi connectivity index (χ0n) is 14.6. The van der Waals surface area contributed by atoms with Crippen LogP contribution in [-0.2, 0) is 9.53 Å². The quantitative estimate of drug-likeness (QED) is 0.861. The predicted octanol–water partition coefficient (Wildman–Crippen LogP) is 2.19. The van der Waals surface area contributed by atoms with E-state index >= 15 is 0 Å². The molecule has 1 amide bonds. The van der Waals surface area contributed by atoms with Gasteiger partial charge < -0.3 is 20.3 Å². The monoisotopic (exact) mass is 363 g/mol. The molecule has 1 saturated carbocycles. The number of ether oxygens (including phenoxy) is 1. The molecule has 2 heterocycles. The number of nitrogens with one attached hydrogen (secondary N) is 2. The molecule has 1 aromatic carbocycles. The summed E-state index contributed by atoms with van der Waals surface area (Å²) in [5.74, 6) is 0.573. The van der Waals surface area contributed by atoms with Crippen molar-refractivity contribution in [3.05, 3.63) is 29.3 Å². The standard InChI is InChI=1S/C19H26ClN3O2/c1-12(24)21-18-17(16-7-10-25-19(16)18)22-14-5-8-23(9-6-14)15-4-2-3-13(20)11-15/h2-4,11,14,16-19,22H,5-10H2,1H3,(H,21,24)/t16-,17+,18-,19-/m0/s1. The van der Waals surface area contributed by atoms with Crippen LogP contribution >= 0.6 is 11.6 Å². The number of amides is 1. The third-order valence-electron chi connectivity index (χ3n) is 5.85. The van der Waals surface area contributed by atoms with Gasteiger partial charge in [0.1, 0.15) is 0 Å². The fourth-order valence-electron chi connectivity index (χ4n) is 4.59. The fourth-order valence-corrected chi connectivity index (χ4v) is 4.77. The maximum atomic E-state index is 11.5. The molecule has 5 nitrogen and oxygen atoms in total. The molecule has 4 rings (SSSR count). The van der Waals surface area contributed by atoms with Gasteiger partial charge in [0.15, 0.2) is 0 Å². The van der Waals surface area contributed by atoms with Crippen molar-refractivity contribution in [1.82, 2.24) is 10.6 Å². The van der Waals surface area contributed by atoms with Gasteiger partial charge >= 0.3 is 0 Å². The van der Waals surface area contributed by atoms with Crippen LogP contribution in [0.1, 0.15) is 26.2 Å². The molecule has 4 atom stereocenters. The first kappa shape index (κ1) is 17.1. The molecule has 1 aromatic rings. The Labute approximate surface area is 154 Å². The Bertz CT molecular complexity index is 633. The number of hydrogen-bond donors (Lipinski definition) is 2. The molecular formula is C19H26ClN3O2. The van der Waals surface area contributed by atoms with Crippen LogP contribution in [0.25, 0.3) is 0 Å². The van der Waals surface area contributed by atoms with E-state index in [0.717, 1.165) is 44.0 Å². The van der Waals surface area contributed by atoms with Gasteiger partial charge in [0.05, 0.1) is 12.1 Å². The third kappa shape index (κ3) is 3.50. The summed E-state index contributed by atoms with van der Waals surface area (Å²) in [5, 5.41) is 7.69. The van der Waals surface area contributed by atoms with Crippen LogP contribution in [0.15, 0.2) is 24.3 Å². The SMILES string of the molecule is CC(=O)N[C@H]1[C@H](NC2CCN(c3cccc(Cl)c3)CC2)[C@@H]2CCO[C@@H]21. The first-order valence-electron chi connectivity index (χ1n) is 9.27. The van der Waals surface area contributed by atoms with Crippen LogP contribution in [0.4, 0.5) is 5.69 Å². The lowest BCUT2D eigenvalue weighted by Gasteiger charge is -2.50. The van der Waals surface area contributed by atoms with Crippen molar-refractivity contribution in [2.24, 2.45) is 5.92 Å². The van der Waals surface area contributed by atoms with Crippen molar-refractivity contribution >= 4 is 23.2 Å². The van der Waals surface area contributed by atoms with E-state index in [4.69, 9.17) is 16.3 Å². The maximum Gasteiger partial charge on any atom is 0.217 e. The summed E-state index contributed by atoms with van der Waals surface area (Å²) in [7, 11) is 0. The molecule has 2 aliphatic heterocycles. The van der Waals surface area contributed by atoms with Crippen molar-refractivity contribution in [1.29, 1.82) is 0 Å². The number of anilines is 1. The van der Waals surface area contributed by atoms with Gasteiger partial charge in [-0.25, -0.2) is 0 Å². The topological polar surface area (TPSA) is 53.6 Å². The van der Waals surface area contributed by atoms with Gasteiger partial charge in [-0.3, -0.25) is 4.79 Å². The number of carbonyl (C=O) groups is 1. The lowest BCUT2D eigenvalue weighted by molar-refractivity contribution is -0.124. The van der Waals surface area contributed by atoms with E-state index in [1.807, 2.05) is 18.2 Å². The van der Waals surface area contributed by atoms with E-state index in [2.05, 4.69) is 21.6 Å². The molecule has 3 fully saturated rings. The molecule has 1 aliphatic carbocycles. The van der Waals surface area contributed by atoms with Crippen LogP contribution in [0, 0.1) is 5.92 Å². The Balaban J connectivity index is 1.33. The van der Waals surface area contributed by atoms with Crippen LogP contribution in [0.2, 0.25) is 5.02 Å². The molecule has 2 N–H and O–H groups in total. The van der Waals surface area contributed by atoms with Crippen molar-refractivity contribution in [3.8, 4) is 0 Å². The molecule has 0 radical (unpaired) electrons. The number of fused-ring (bicyclic) bond motifs is 1. The second-order valence-electron chi connectivity index (χ2n) is 7.45. The molecule has 2 saturated heterocycles. The molecular weight excluding hydrogens is 338 g/mol. The van der Waals surface area contributed by atoms with Gasteiger partial charge in [0, 0.05) is 55.3 Å². The summed E-state index contributed by atoms with van der Waals surface area (Å²) in [4.78, 5) is 13.9. The molecule has 0 aromatic heterocycles. The number of halogens is 1. The number of nitrogens with zero attached hydrogens (tertiary/aromatic N) is 1. The first-order chi connectivity index (χ1) is 12.1. The highest BCUT2D eigenvalue weighted by molar-refractivity contribution is 6.30. The van der Waals surface area contributed by atoms with E-state index < -0.39 is 0 Å². The molecule has 0 unspecified atom stereocenters. The van der Waals surface area contributed by atoms with E-state index in [0.29, 0.717) is 18.0 Å². The van der Waals surface area contributed by atoms with Gasteiger partial charge in [-0.2, -0.15) is 0 Å². The number of hydrogen-bond acceptors (Lipinski definition) is 4. The van der Waals surface area contributed by atoms with Crippen molar-refractivity contribution in [3.63, 3.8) is 0 Å². The Kier molecular flexibility index (Phi) is 4.89. The number of carbonyl (C=O) groups excluding carboxylic acids is 1. The zero-order valence-corrected chi connectivity index (χ0v) is 15.3. The molecule has 0 spiro atoms. The summed E-state index contributed by atoms with van der Waals surface area (Å²) >= 11 is 6.11. The fraction of sp³-hybridized carbons (Fsp3) is 0.632. The Hall–Kier alpha value is -1.30. The maximum absolute atomic E-state index is 11.5. The molecule has 3 aliphatic rings. The zero-order chi connectivity index (χ0) is 17.4. The lowest BCUT2D eigenvalue weighted by atomic mass is 9.71. The average molecular weight is 364 g/mol. The Morgan fingerprint density at radius 2 is 2.04 bits per heavy atom. The smallest absolute Gasteiger partial charge is 0.217 e. The minimum atomic E-state index is 0.0292. The number of rotatable bonds is 4. The predicted molar refractivity (Wildman–Crippen MR) is 99.1 cm³/mol. The first-order valence-corrected chi connectivity index (χ1v) is 9.65. The third-order valence-corrected chi connectivity index (χ3v) is 6.09. The second-order valence-corrected chi connectivity index (χ2v) is 7.88. The van der Waals surface area contributed by atoms with Gasteiger partial charge in [-0.15, -0.1) is 0 Å². The van der Waals surface area contributed by atoms with Crippen LogP contribution in [-0.4, -0.2) is 49.8 Å². The Morgan fingerprint density at radius 1 is 1.24 bits per heavy atom. The summed E-state index contributed by atoms with van der Waals surface area (Å²) in [5.41, 5.74) is 1.20. The second kappa shape index (κ2) is 7.14. The van der Waals surface area contributed by atoms with Crippen LogP contribution in [0.3, 0.4) is 0 Å².